The minimum atomic E-state index is -3.46. The number of aryl methyl sites for hydroxylation is 1. The second-order valence-electron chi connectivity index (χ2n) is 7.68. The standard InChI is InChI=1S/C21H25NO2S/c1-15-8-10-19(11-9-15)25(23,24)22-13-12-18-6-4-5-7-20(18)21(14-22)16(2)17(21)3/h4-11,16-17H,12-14H2,1-3H3/t16-,17?,21?/m0/s1. The lowest BCUT2D eigenvalue weighted by atomic mass is 9.88. The predicted molar refractivity (Wildman–Crippen MR) is 100 cm³/mol. The number of benzene rings is 2. The van der Waals surface area contributed by atoms with Crippen LogP contribution in [0.15, 0.2) is 53.4 Å². The summed E-state index contributed by atoms with van der Waals surface area (Å²) in [5, 5.41) is 0. The molecule has 1 aliphatic carbocycles. The number of nitrogens with zero attached hydrogens (tertiary/aromatic N) is 1. The molecule has 0 bridgehead atoms. The molecule has 0 N–H and O–H groups in total. The quantitative estimate of drug-likeness (QED) is 0.822. The molecule has 2 unspecified atom stereocenters. The molecular formula is C21H25NO2S. The van der Waals surface area contributed by atoms with Gasteiger partial charge in [0.15, 0.2) is 0 Å². The largest absolute Gasteiger partial charge is 0.243 e. The van der Waals surface area contributed by atoms with E-state index in [2.05, 4.69) is 38.1 Å². The molecule has 3 nitrogen and oxygen atoms in total. The number of sulfonamides is 1. The van der Waals surface area contributed by atoms with Crippen LogP contribution in [0.4, 0.5) is 0 Å². The number of hydrogen-bond acceptors (Lipinski definition) is 2. The summed E-state index contributed by atoms with van der Waals surface area (Å²) in [6.45, 7) is 7.62. The van der Waals surface area contributed by atoms with E-state index in [1.165, 1.54) is 11.1 Å². The fourth-order valence-corrected chi connectivity index (χ4v) is 6.09. The zero-order chi connectivity index (χ0) is 17.8. The molecular weight excluding hydrogens is 330 g/mol. The second kappa shape index (κ2) is 5.68. The molecule has 3 atom stereocenters. The monoisotopic (exact) mass is 355 g/mol. The summed E-state index contributed by atoms with van der Waals surface area (Å²) < 4.78 is 28.2. The number of fused-ring (bicyclic) bond motifs is 2. The molecule has 0 amide bonds. The van der Waals surface area contributed by atoms with E-state index in [4.69, 9.17) is 0 Å². The number of rotatable bonds is 2. The molecule has 25 heavy (non-hydrogen) atoms. The van der Waals surface area contributed by atoms with E-state index in [9.17, 15) is 8.42 Å². The smallest absolute Gasteiger partial charge is 0.207 e. The van der Waals surface area contributed by atoms with E-state index < -0.39 is 10.0 Å². The molecule has 1 spiro atoms. The van der Waals surface area contributed by atoms with Crippen LogP contribution in [0.25, 0.3) is 0 Å². The minimum absolute atomic E-state index is 0.0368. The van der Waals surface area contributed by atoms with Gasteiger partial charge < -0.3 is 0 Å². The van der Waals surface area contributed by atoms with Crippen molar-refractivity contribution in [2.75, 3.05) is 13.1 Å². The summed E-state index contributed by atoms with van der Waals surface area (Å²) in [6, 6.07) is 15.7. The lowest BCUT2D eigenvalue weighted by Crippen LogP contribution is -2.38. The average molecular weight is 356 g/mol. The van der Waals surface area contributed by atoms with Crippen molar-refractivity contribution in [2.45, 2.75) is 37.5 Å². The van der Waals surface area contributed by atoms with E-state index in [0.717, 1.165) is 12.0 Å². The maximum absolute atomic E-state index is 13.3. The van der Waals surface area contributed by atoms with Gasteiger partial charge in [-0.05, 0) is 48.4 Å². The lowest BCUT2D eigenvalue weighted by Gasteiger charge is -2.26. The van der Waals surface area contributed by atoms with E-state index >= 15 is 0 Å². The zero-order valence-electron chi connectivity index (χ0n) is 15.1. The Bertz CT molecular complexity index is 894. The average Bonchev–Trinajstić information content (AvgIpc) is 3.19. The van der Waals surface area contributed by atoms with E-state index in [1.54, 1.807) is 16.4 Å². The van der Waals surface area contributed by atoms with Crippen LogP contribution in [0.2, 0.25) is 0 Å². The Morgan fingerprint density at radius 2 is 1.64 bits per heavy atom. The highest BCUT2D eigenvalue weighted by Crippen LogP contribution is 2.61. The van der Waals surface area contributed by atoms with Crippen molar-refractivity contribution in [3.63, 3.8) is 0 Å². The zero-order valence-corrected chi connectivity index (χ0v) is 15.9. The first-order valence-electron chi connectivity index (χ1n) is 9.02. The fraction of sp³-hybridized carbons (Fsp3) is 0.429. The van der Waals surface area contributed by atoms with Crippen molar-refractivity contribution in [2.24, 2.45) is 11.8 Å². The second-order valence-corrected chi connectivity index (χ2v) is 9.61. The predicted octanol–water partition coefficient (Wildman–Crippen LogP) is 3.77. The topological polar surface area (TPSA) is 37.4 Å². The highest BCUT2D eigenvalue weighted by molar-refractivity contribution is 7.89. The van der Waals surface area contributed by atoms with E-state index in [0.29, 0.717) is 29.8 Å². The Morgan fingerprint density at radius 3 is 2.28 bits per heavy atom. The summed E-state index contributed by atoms with van der Waals surface area (Å²) in [5.41, 5.74) is 3.70. The van der Waals surface area contributed by atoms with Gasteiger partial charge in [-0.2, -0.15) is 4.31 Å². The van der Waals surface area contributed by atoms with E-state index in [1.807, 2.05) is 19.1 Å². The maximum atomic E-state index is 13.3. The summed E-state index contributed by atoms with van der Waals surface area (Å²) >= 11 is 0. The first kappa shape index (κ1) is 16.8. The third-order valence-electron chi connectivity index (χ3n) is 6.51. The highest BCUT2D eigenvalue weighted by Gasteiger charge is 2.62. The van der Waals surface area contributed by atoms with Crippen LogP contribution in [0, 0.1) is 18.8 Å². The van der Waals surface area contributed by atoms with Gasteiger partial charge >= 0.3 is 0 Å². The molecule has 4 heteroatoms. The normalized spacial score (nSPS) is 29.2. The molecule has 2 aromatic rings. The molecule has 0 radical (unpaired) electrons. The first-order chi connectivity index (χ1) is 11.9. The van der Waals surface area contributed by atoms with Gasteiger partial charge in [0, 0.05) is 18.5 Å². The van der Waals surface area contributed by atoms with Crippen LogP contribution in [0.3, 0.4) is 0 Å². The molecule has 1 aliphatic heterocycles. The molecule has 0 aromatic heterocycles. The molecule has 0 saturated heterocycles. The van der Waals surface area contributed by atoms with Crippen molar-refractivity contribution in [3.05, 3.63) is 65.2 Å². The van der Waals surface area contributed by atoms with Gasteiger partial charge in [-0.15, -0.1) is 0 Å². The molecule has 1 fully saturated rings. The summed E-state index contributed by atoms with van der Waals surface area (Å²) in [5.74, 6) is 1.00. The SMILES string of the molecule is Cc1ccc(S(=O)(=O)N2CCc3ccccc3C3(C2)C(C)[C@@H]3C)cc1. The molecule has 132 valence electrons. The van der Waals surface area contributed by atoms with Crippen molar-refractivity contribution >= 4 is 10.0 Å². The van der Waals surface area contributed by atoms with Gasteiger partial charge in [-0.25, -0.2) is 8.42 Å². The van der Waals surface area contributed by atoms with Gasteiger partial charge in [0.05, 0.1) is 4.90 Å². The van der Waals surface area contributed by atoms with Crippen molar-refractivity contribution in [3.8, 4) is 0 Å². The van der Waals surface area contributed by atoms with Crippen LogP contribution in [-0.4, -0.2) is 25.8 Å². The first-order valence-corrected chi connectivity index (χ1v) is 10.5. The fourth-order valence-electron chi connectivity index (χ4n) is 4.60. The maximum Gasteiger partial charge on any atom is 0.243 e. The third-order valence-corrected chi connectivity index (χ3v) is 8.37. The van der Waals surface area contributed by atoms with E-state index in [-0.39, 0.29) is 5.41 Å². The Labute approximate surface area is 150 Å². The molecule has 1 saturated carbocycles. The Morgan fingerprint density at radius 1 is 1.00 bits per heavy atom. The van der Waals surface area contributed by atoms with Gasteiger partial charge in [-0.3, -0.25) is 0 Å². The summed E-state index contributed by atoms with van der Waals surface area (Å²) in [6.07, 6.45) is 0.780. The molecule has 1 heterocycles. The van der Waals surface area contributed by atoms with Crippen LogP contribution in [0.1, 0.15) is 30.5 Å². The Hall–Kier alpha value is -1.65. The van der Waals surface area contributed by atoms with Crippen molar-refractivity contribution in [1.82, 2.24) is 4.31 Å². The van der Waals surface area contributed by atoms with Crippen LogP contribution < -0.4 is 0 Å². The van der Waals surface area contributed by atoms with Crippen LogP contribution in [0.5, 0.6) is 0 Å². The molecule has 2 aromatic carbocycles. The van der Waals surface area contributed by atoms with Gasteiger partial charge in [-0.1, -0.05) is 55.8 Å². The Balaban J connectivity index is 1.76. The van der Waals surface area contributed by atoms with Gasteiger partial charge in [0.2, 0.25) is 10.0 Å². The third kappa shape index (κ3) is 2.46. The molecule has 2 aliphatic rings. The summed E-state index contributed by atoms with van der Waals surface area (Å²) in [4.78, 5) is 0.403. The number of hydrogen-bond donors (Lipinski definition) is 0. The van der Waals surface area contributed by atoms with Crippen LogP contribution >= 0.6 is 0 Å². The lowest BCUT2D eigenvalue weighted by molar-refractivity contribution is 0.375. The van der Waals surface area contributed by atoms with Crippen LogP contribution in [-0.2, 0) is 21.9 Å². The highest BCUT2D eigenvalue weighted by atomic mass is 32.2. The molecule has 4 rings (SSSR count). The van der Waals surface area contributed by atoms with Gasteiger partial charge in [0.1, 0.15) is 0 Å². The van der Waals surface area contributed by atoms with Crippen molar-refractivity contribution < 1.29 is 8.42 Å². The minimum Gasteiger partial charge on any atom is -0.207 e. The van der Waals surface area contributed by atoms with Crippen molar-refractivity contribution in [1.29, 1.82) is 0 Å². The summed E-state index contributed by atoms with van der Waals surface area (Å²) in [7, 11) is -3.46. The Kier molecular flexibility index (Phi) is 3.82. The van der Waals surface area contributed by atoms with Gasteiger partial charge in [0.25, 0.3) is 0 Å².